The largest absolute Gasteiger partial charge is 0.308 e. The summed E-state index contributed by atoms with van der Waals surface area (Å²) in [5, 5.41) is 15.0. The molecule has 0 saturated heterocycles. The van der Waals surface area contributed by atoms with Crippen molar-refractivity contribution in [2.24, 2.45) is 0 Å². The van der Waals surface area contributed by atoms with Gasteiger partial charge in [0.05, 0.1) is 23.2 Å². The number of nitrogens with one attached hydrogen (secondary N) is 2. The summed E-state index contributed by atoms with van der Waals surface area (Å²) in [5.74, 6) is 1.03. The van der Waals surface area contributed by atoms with E-state index in [0.717, 1.165) is 29.2 Å². The van der Waals surface area contributed by atoms with Crippen molar-refractivity contribution in [2.75, 3.05) is 11.1 Å². The van der Waals surface area contributed by atoms with Gasteiger partial charge in [-0.25, -0.2) is 0 Å². The Morgan fingerprint density at radius 1 is 1.19 bits per heavy atom. The normalized spacial score (nSPS) is 16.9. The van der Waals surface area contributed by atoms with Crippen molar-refractivity contribution in [3.8, 4) is 0 Å². The molecule has 7 heteroatoms. The van der Waals surface area contributed by atoms with E-state index < -0.39 is 0 Å². The zero-order chi connectivity index (χ0) is 18.3. The molecule has 0 fully saturated rings. The predicted octanol–water partition coefficient (Wildman–Crippen LogP) is 3.35. The van der Waals surface area contributed by atoms with Crippen molar-refractivity contribution in [2.45, 2.75) is 32.6 Å². The highest BCUT2D eigenvalue weighted by atomic mass is 32.2. The van der Waals surface area contributed by atoms with Crippen LogP contribution in [0.15, 0.2) is 30.3 Å². The van der Waals surface area contributed by atoms with Crippen molar-refractivity contribution < 1.29 is 4.79 Å². The van der Waals surface area contributed by atoms with Crippen molar-refractivity contribution in [3.05, 3.63) is 64.1 Å². The fourth-order valence-corrected chi connectivity index (χ4v) is 4.85. The molecule has 6 nitrogen and oxygen atoms in total. The van der Waals surface area contributed by atoms with Gasteiger partial charge in [0.25, 0.3) is 0 Å². The lowest BCUT2D eigenvalue weighted by molar-refractivity contribution is -0.113. The first kappa shape index (κ1) is 16.9. The Kier molecular flexibility index (Phi) is 4.32. The molecule has 4 rings (SSSR count). The summed E-state index contributed by atoms with van der Waals surface area (Å²) < 4.78 is 2.05. The maximum absolute atomic E-state index is 12.0. The summed E-state index contributed by atoms with van der Waals surface area (Å²) in [6, 6.07) is 10.3. The van der Waals surface area contributed by atoms with Crippen LogP contribution in [-0.2, 0) is 11.3 Å². The molecule has 0 aliphatic carbocycles. The summed E-state index contributed by atoms with van der Waals surface area (Å²) >= 11 is 1.63. The van der Waals surface area contributed by atoms with Gasteiger partial charge in [-0.3, -0.25) is 14.6 Å². The third kappa shape index (κ3) is 2.92. The van der Waals surface area contributed by atoms with Gasteiger partial charge in [-0.2, -0.15) is 10.2 Å². The van der Waals surface area contributed by atoms with Crippen LogP contribution in [0.1, 0.15) is 39.0 Å². The number of aromatic nitrogens is 4. The molecule has 26 heavy (non-hydrogen) atoms. The average molecular weight is 367 g/mol. The molecule has 134 valence electrons. The van der Waals surface area contributed by atoms with Gasteiger partial charge in [0.2, 0.25) is 5.91 Å². The van der Waals surface area contributed by atoms with Crippen LogP contribution in [0.5, 0.6) is 0 Å². The second-order valence-corrected chi connectivity index (χ2v) is 7.67. The van der Waals surface area contributed by atoms with Crippen molar-refractivity contribution in [1.29, 1.82) is 0 Å². The lowest BCUT2D eigenvalue weighted by atomic mass is 10.0. The van der Waals surface area contributed by atoms with E-state index >= 15 is 0 Å². The lowest BCUT2D eigenvalue weighted by Gasteiger charge is -2.16. The molecule has 0 saturated carbocycles. The van der Waals surface area contributed by atoms with Crippen molar-refractivity contribution >= 4 is 23.5 Å². The van der Waals surface area contributed by atoms with E-state index in [1.807, 2.05) is 32.0 Å². The molecule has 0 unspecified atom stereocenters. The molecular weight excluding hydrogens is 346 g/mol. The first-order valence-corrected chi connectivity index (χ1v) is 9.63. The summed E-state index contributed by atoms with van der Waals surface area (Å²) in [7, 11) is 0. The first-order valence-electron chi connectivity index (χ1n) is 8.58. The highest BCUT2D eigenvalue weighted by Gasteiger charge is 2.31. The van der Waals surface area contributed by atoms with Gasteiger partial charge in [0.1, 0.15) is 0 Å². The first-order chi connectivity index (χ1) is 12.5. The minimum atomic E-state index is -0.0165. The van der Waals surface area contributed by atoms with E-state index in [9.17, 15) is 4.79 Å². The number of hydrogen-bond acceptors (Lipinski definition) is 4. The second-order valence-electron chi connectivity index (χ2n) is 6.58. The average Bonchev–Trinajstić information content (AvgIpc) is 3.04. The zero-order valence-electron chi connectivity index (χ0n) is 15.0. The van der Waals surface area contributed by atoms with Gasteiger partial charge >= 0.3 is 0 Å². The molecule has 1 amide bonds. The predicted molar refractivity (Wildman–Crippen MR) is 104 cm³/mol. The van der Waals surface area contributed by atoms with Crippen LogP contribution >= 0.6 is 11.8 Å². The van der Waals surface area contributed by atoms with E-state index in [0.29, 0.717) is 11.6 Å². The topological polar surface area (TPSA) is 75.6 Å². The van der Waals surface area contributed by atoms with E-state index in [1.165, 1.54) is 11.1 Å². The van der Waals surface area contributed by atoms with Crippen LogP contribution in [0.4, 0.5) is 5.82 Å². The smallest absolute Gasteiger partial charge is 0.235 e. The summed E-state index contributed by atoms with van der Waals surface area (Å²) in [4.78, 5) is 12.0. The zero-order valence-corrected chi connectivity index (χ0v) is 15.9. The molecule has 1 aromatic carbocycles. The molecule has 0 spiro atoms. The Balaban J connectivity index is 1.76. The molecule has 2 aromatic heterocycles. The monoisotopic (exact) mass is 367 g/mol. The molecule has 0 bridgehead atoms. The van der Waals surface area contributed by atoms with Crippen molar-refractivity contribution in [1.82, 2.24) is 20.0 Å². The van der Waals surface area contributed by atoms with Crippen LogP contribution in [0.3, 0.4) is 0 Å². The standard InChI is InChI=1S/C19H21N5OS/c1-11-17-18(26-10-15(25)20-19(17)22-21-11)16-12(2)23-24(13(16)3)9-14-7-5-4-6-8-14/h4-8,18H,9-10H2,1-3H3,(H2,20,21,22,25)/t18-/m1/s1. The number of H-pyrrole nitrogens is 1. The van der Waals surface area contributed by atoms with Crippen LogP contribution < -0.4 is 5.32 Å². The molecular formula is C19H21N5OS. The Bertz CT molecular complexity index is 960. The van der Waals surface area contributed by atoms with E-state index in [1.54, 1.807) is 11.8 Å². The van der Waals surface area contributed by atoms with Crippen LogP contribution in [0, 0.1) is 20.8 Å². The van der Waals surface area contributed by atoms with Gasteiger partial charge in [0.15, 0.2) is 5.82 Å². The number of nitrogens with zero attached hydrogens (tertiary/aromatic N) is 3. The van der Waals surface area contributed by atoms with Crippen molar-refractivity contribution in [3.63, 3.8) is 0 Å². The quantitative estimate of drug-likeness (QED) is 0.744. The number of aromatic amines is 1. The van der Waals surface area contributed by atoms with Crippen LogP contribution in [0.2, 0.25) is 0 Å². The van der Waals surface area contributed by atoms with Gasteiger partial charge < -0.3 is 5.32 Å². The summed E-state index contributed by atoms with van der Waals surface area (Å²) in [6.45, 7) is 6.88. The number of rotatable bonds is 3. The van der Waals surface area contributed by atoms with Gasteiger partial charge in [0, 0.05) is 22.5 Å². The lowest BCUT2D eigenvalue weighted by Crippen LogP contribution is -2.12. The Labute approximate surface area is 156 Å². The fourth-order valence-electron chi connectivity index (χ4n) is 3.49. The minimum Gasteiger partial charge on any atom is -0.308 e. The highest BCUT2D eigenvalue weighted by Crippen LogP contribution is 2.44. The van der Waals surface area contributed by atoms with Gasteiger partial charge in [-0.15, -0.1) is 11.8 Å². The minimum absolute atomic E-state index is 0.0165. The number of anilines is 1. The maximum atomic E-state index is 12.0. The molecule has 1 atom stereocenters. The van der Waals surface area contributed by atoms with E-state index in [4.69, 9.17) is 5.10 Å². The molecule has 1 aliphatic rings. The molecule has 3 aromatic rings. The molecule has 2 N–H and O–H groups in total. The number of amides is 1. The third-order valence-corrected chi connectivity index (χ3v) is 6.00. The Morgan fingerprint density at radius 2 is 1.96 bits per heavy atom. The molecule has 0 radical (unpaired) electrons. The summed E-state index contributed by atoms with van der Waals surface area (Å²) in [5.41, 5.74) is 6.55. The van der Waals surface area contributed by atoms with E-state index in [2.05, 4.69) is 39.3 Å². The highest BCUT2D eigenvalue weighted by molar-refractivity contribution is 8.00. The number of benzene rings is 1. The number of aryl methyl sites for hydroxylation is 2. The number of thioether (sulfide) groups is 1. The number of carbonyl (C=O) groups is 1. The maximum Gasteiger partial charge on any atom is 0.235 e. The van der Waals surface area contributed by atoms with Gasteiger partial charge in [-0.1, -0.05) is 30.3 Å². The Morgan fingerprint density at radius 3 is 2.73 bits per heavy atom. The van der Waals surface area contributed by atoms with E-state index in [-0.39, 0.29) is 11.2 Å². The number of fused-ring (bicyclic) bond motifs is 1. The third-order valence-electron chi connectivity index (χ3n) is 4.77. The number of carbonyl (C=O) groups excluding carboxylic acids is 1. The fraction of sp³-hybridized carbons (Fsp3) is 0.316. The molecule has 1 aliphatic heterocycles. The number of hydrogen-bond donors (Lipinski definition) is 2. The van der Waals surface area contributed by atoms with Gasteiger partial charge in [-0.05, 0) is 26.3 Å². The Hall–Kier alpha value is -2.54. The molecule has 3 heterocycles. The van der Waals surface area contributed by atoms with Crippen LogP contribution in [0.25, 0.3) is 0 Å². The SMILES string of the molecule is Cc1nn(Cc2ccccc2)c(C)c1[C@H]1SCC(=O)Nc2n[nH]c(C)c21. The summed E-state index contributed by atoms with van der Waals surface area (Å²) in [6.07, 6.45) is 0. The van der Waals surface area contributed by atoms with Crippen LogP contribution in [-0.4, -0.2) is 31.6 Å². The second kappa shape index (κ2) is 6.64.